The predicted octanol–water partition coefficient (Wildman–Crippen LogP) is 23.7. The maximum atomic E-state index is 12.0. The van der Waals surface area contributed by atoms with E-state index in [4.69, 9.17) is 111 Å². The average Bonchev–Trinajstić information content (AvgIpc) is 1.68. The fourth-order valence-electron chi connectivity index (χ4n) is 12.6. The van der Waals surface area contributed by atoms with Crippen molar-refractivity contribution in [3.8, 4) is 79.0 Å². The quantitative estimate of drug-likeness (QED) is 0.0276. The number of para-hydroxylation sites is 1. The number of aryl methyl sites for hydroxylation is 8. The summed E-state index contributed by atoms with van der Waals surface area (Å²) >= 11 is 24.0. The number of carbonyl (C=O) groups excluding carboxylic acids is 6. The normalized spacial score (nSPS) is 10.5. The second-order valence-corrected chi connectivity index (χ2v) is 32.7. The Hall–Kier alpha value is -16.9. The van der Waals surface area contributed by atoms with Crippen LogP contribution in [0.3, 0.4) is 0 Å². The number of aromatic nitrogens is 12. The van der Waals surface area contributed by atoms with Gasteiger partial charge in [-0.15, -0.1) is 0 Å². The minimum atomic E-state index is -0.636. The van der Waals surface area contributed by atoms with E-state index in [1.54, 1.807) is 117 Å². The standard InChI is InChI=1S/C18H15ClN2O3.2C18H16N2O4.C18H16N2O3.C17H12Cl2N2O3.C17H13ClN2O3/c1-11-3-6-15(16(19)7-11)17-8-14(24-21-17)10-23-18(22)13-5-4-12(2)20-9-13;1-12-6-7-14(10-19-12)18(21)23-11-16-9-17(20-24-16)13-4-3-5-15(8-13)22-2;1-12-7-8-13(10-19-12)18(21)23-11-14-9-16(20-24-14)15-5-3-4-6-17(15)22-2;1-12-3-6-14(7-4-12)17-9-16(23-20-17)11-22-18(21)15-8-5-13(2)19-10-15;1-10-3-2-4-11(5-10)15-7-13(24-21-15)9-23-17(22)14-6-12(18)8-20-16(14)19;1-11-6-7-12(9-19-11)17(21)22-10-13-8-16(20-23-13)14-4-2-3-5-15(14)18/h3-9H,10H2,1-2H3;2*3-10H,11H2,1-2H3;3-10H,11H2,1-2H3;2-8H,9H2,1H3;2-9H,10H2,1H3. The maximum absolute atomic E-state index is 12.0. The molecule has 0 saturated heterocycles. The molecule has 32 nitrogen and oxygen atoms in total. The molecule has 0 fully saturated rings. The molecule has 0 bridgehead atoms. The molecule has 36 heteroatoms. The topological polar surface area (TPSA) is 410 Å². The first-order chi connectivity index (χ1) is 68.6. The molecule has 0 unspecified atom stereocenters. The molecule has 12 heterocycles. The molecule has 12 aromatic heterocycles. The average molecular weight is 1990 g/mol. The van der Waals surface area contributed by atoms with E-state index in [1.165, 1.54) is 48.8 Å². The largest absolute Gasteiger partial charge is 0.497 e. The van der Waals surface area contributed by atoms with Crippen LogP contribution in [0, 0.1) is 55.4 Å². The van der Waals surface area contributed by atoms with Crippen LogP contribution in [0.1, 0.15) is 142 Å². The van der Waals surface area contributed by atoms with E-state index >= 15 is 0 Å². The van der Waals surface area contributed by atoms with Gasteiger partial charge in [-0.2, -0.15) is 0 Å². The van der Waals surface area contributed by atoms with Crippen LogP contribution in [-0.2, 0) is 68.1 Å². The number of methoxy groups -OCH3 is 2. The summed E-state index contributed by atoms with van der Waals surface area (Å²) in [5, 5.41) is 25.4. The van der Waals surface area contributed by atoms with E-state index in [2.05, 4.69) is 60.8 Å². The van der Waals surface area contributed by atoms with Gasteiger partial charge in [0.1, 0.15) is 50.8 Å². The van der Waals surface area contributed by atoms with Gasteiger partial charge in [-0.1, -0.05) is 186 Å². The number of ether oxygens (including phenoxy) is 8. The molecular weight excluding hydrogens is 1900 g/mol. The van der Waals surface area contributed by atoms with Gasteiger partial charge in [0.2, 0.25) is 0 Å². The summed E-state index contributed by atoms with van der Waals surface area (Å²) in [5.74, 6) is 1.21. The highest BCUT2D eigenvalue weighted by Gasteiger charge is 2.22. The molecule has 0 saturated carbocycles. The van der Waals surface area contributed by atoms with Gasteiger partial charge in [-0.3, -0.25) is 24.9 Å². The summed E-state index contributed by atoms with van der Waals surface area (Å²) < 4.78 is 72.9. The van der Waals surface area contributed by atoms with Crippen molar-refractivity contribution in [1.82, 2.24) is 60.8 Å². The van der Waals surface area contributed by atoms with Crippen molar-refractivity contribution in [2.45, 2.75) is 95.0 Å². The Labute approximate surface area is 833 Å². The third kappa shape index (κ3) is 30.0. The van der Waals surface area contributed by atoms with Crippen molar-refractivity contribution >= 4 is 82.2 Å². The molecule has 0 atom stereocenters. The molecule has 6 aromatic carbocycles. The lowest BCUT2D eigenvalue weighted by Crippen LogP contribution is -2.06. The molecular formula is C106H88Cl4N12O20. The molecule has 0 N–H and O–H groups in total. The van der Waals surface area contributed by atoms with E-state index in [0.717, 1.165) is 78.7 Å². The van der Waals surface area contributed by atoms with Gasteiger partial charge in [-0.25, -0.2) is 33.8 Å². The molecule has 0 amide bonds. The van der Waals surface area contributed by atoms with Crippen molar-refractivity contribution < 1.29 is 93.8 Å². The SMILES string of the molecule is COc1cccc(-c2cc(COC(=O)c3ccc(C)nc3)on2)c1.COc1ccccc1-c1cc(COC(=O)c2ccc(C)nc2)on1.Cc1ccc(-c2cc(COC(=O)c3ccc(C)nc3)on2)c(Cl)c1.Cc1ccc(-c2cc(COC(=O)c3ccc(C)nc3)on2)cc1.Cc1ccc(C(=O)OCc2cc(-c3ccccc3Cl)no2)cn1.Cc1cccc(-c2cc(COC(=O)c3cc(Cl)cnc3Cl)on2)c1. The van der Waals surface area contributed by atoms with Gasteiger partial charge in [0, 0.05) is 135 Å². The van der Waals surface area contributed by atoms with Crippen molar-refractivity contribution in [2.24, 2.45) is 0 Å². The fourth-order valence-corrected chi connectivity index (χ4v) is 13.5. The van der Waals surface area contributed by atoms with Crippen LogP contribution in [0.4, 0.5) is 0 Å². The van der Waals surface area contributed by atoms with Crippen LogP contribution in [0.2, 0.25) is 20.2 Å². The zero-order valence-corrected chi connectivity index (χ0v) is 80.9. The first kappa shape index (κ1) is 102. The molecule has 720 valence electrons. The Morgan fingerprint density at radius 3 is 0.986 bits per heavy atom. The number of nitrogens with zero attached hydrogens (tertiary/aromatic N) is 12. The van der Waals surface area contributed by atoms with Crippen LogP contribution in [0.15, 0.2) is 307 Å². The van der Waals surface area contributed by atoms with Crippen molar-refractivity contribution in [3.63, 3.8) is 0 Å². The molecule has 18 rings (SSSR count). The number of esters is 6. The first-order valence-electron chi connectivity index (χ1n) is 43.3. The highest BCUT2D eigenvalue weighted by Crippen LogP contribution is 2.34. The second kappa shape index (κ2) is 50.4. The fraction of sp³-hybridized carbons (Fsp3) is 0.151. The molecule has 0 aliphatic rings. The number of rotatable bonds is 26. The lowest BCUT2D eigenvalue weighted by atomic mass is 10.1. The highest BCUT2D eigenvalue weighted by atomic mass is 35.5. The number of halogens is 4. The van der Waals surface area contributed by atoms with Gasteiger partial charge in [0.05, 0.1) is 62.7 Å². The lowest BCUT2D eigenvalue weighted by molar-refractivity contribution is 0.0429. The highest BCUT2D eigenvalue weighted by molar-refractivity contribution is 6.35. The monoisotopic (exact) mass is 1990 g/mol. The summed E-state index contributed by atoms with van der Waals surface area (Å²) in [7, 11) is 3.20. The van der Waals surface area contributed by atoms with Crippen molar-refractivity contribution in [1.29, 1.82) is 0 Å². The van der Waals surface area contributed by atoms with Crippen LogP contribution in [0.25, 0.3) is 67.5 Å². The number of hydrogen-bond donors (Lipinski definition) is 0. The summed E-state index contributed by atoms with van der Waals surface area (Å²) in [6, 6.07) is 72.6. The van der Waals surface area contributed by atoms with Crippen molar-refractivity contribution in [2.75, 3.05) is 14.2 Å². The van der Waals surface area contributed by atoms with Crippen LogP contribution in [-0.4, -0.2) is 111 Å². The van der Waals surface area contributed by atoms with Gasteiger partial charge < -0.3 is 65.0 Å². The molecule has 18 aromatic rings. The zero-order valence-electron chi connectivity index (χ0n) is 77.8. The predicted molar refractivity (Wildman–Crippen MR) is 523 cm³/mol. The van der Waals surface area contributed by atoms with E-state index < -0.39 is 35.8 Å². The Morgan fingerprint density at radius 2 is 0.606 bits per heavy atom. The summed E-state index contributed by atoms with van der Waals surface area (Å²) in [6.45, 7) is 15.2. The van der Waals surface area contributed by atoms with Gasteiger partial charge >= 0.3 is 35.8 Å². The van der Waals surface area contributed by atoms with E-state index in [0.29, 0.717) is 117 Å². The summed E-state index contributed by atoms with van der Waals surface area (Å²) in [4.78, 5) is 95.9. The van der Waals surface area contributed by atoms with Gasteiger partial charge in [-0.05, 0) is 170 Å². The van der Waals surface area contributed by atoms with Crippen LogP contribution < -0.4 is 9.47 Å². The molecule has 0 spiro atoms. The molecule has 142 heavy (non-hydrogen) atoms. The summed E-state index contributed by atoms with van der Waals surface area (Å²) in [6.07, 6.45) is 8.78. The third-order valence-corrected chi connectivity index (χ3v) is 21.3. The molecule has 0 aliphatic heterocycles. The first-order valence-corrected chi connectivity index (χ1v) is 44.8. The Bertz CT molecular complexity index is 7320. The van der Waals surface area contributed by atoms with Crippen LogP contribution in [0.5, 0.6) is 11.5 Å². The maximum Gasteiger partial charge on any atom is 0.341 e. The second-order valence-electron chi connectivity index (χ2n) is 31.1. The molecule has 0 radical (unpaired) electrons. The van der Waals surface area contributed by atoms with Crippen LogP contribution >= 0.6 is 46.4 Å². The Morgan fingerprint density at radius 1 is 0.268 bits per heavy atom. The smallest absolute Gasteiger partial charge is 0.341 e. The summed E-state index contributed by atoms with van der Waals surface area (Å²) in [5.41, 5.74) is 18.6. The Kier molecular flexibility index (Phi) is 36.4. The van der Waals surface area contributed by atoms with Gasteiger partial charge in [0.15, 0.2) is 74.2 Å². The number of pyridine rings is 6. The van der Waals surface area contributed by atoms with E-state index in [-0.39, 0.29) is 50.4 Å². The molecule has 0 aliphatic carbocycles. The van der Waals surface area contributed by atoms with Crippen molar-refractivity contribution in [3.05, 3.63) is 413 Å². The minimum absolute atomic E-state index is 0.00365. The van der Waals surface area contributed by atoms with E-state index in [1.807, 2.05) is 189 Å². The number of hydrogen-bond acceptors (Lipinski definition) is 32. The lowest BCUT2D eigenvalue weighted by Gasteiger charge is -2.04. The van der Waals surface area contributed by atoms with E-state index in [9.17, 15) is 28.8 Å². The zero-order chi connectivity index (χ0) is 101. The number of benzene rings is 6. The minimum Gasteiger partial charge on any atom is -0.497 e. The number of carbonyl (C=O) groups is 6. The third-order valence-electron chi connectivity index (χ3n) is 20.1. The van der Waals surface area contributed by atoms with Gasteiger partial charge in [0.25, 0.3) is 0 Å². The Balaban J connectivity index is 0.000000143.